The predicted molar refractivity (Wildman–Crippen MR) is 102 cm³/mol. The Morgan fingerprint density at radius 2 is 2.12 bits per heavy atom. The van der Waals surface area contributed by atoms with Crippen LogP contribution in [0, 0.1) is 0 Å². The molecule has 0 spiro atoms. The zero-order valence-corrected chi connectivity index (χ0v) is 15.5. The van der Waals surface area contributed by atoms with Crippen LogP contribution in [-0.4, -0.2) is 20.8 Å². The first-order valence-electron chi connectivity index (χ1n) is 7.97. The van der Waals surface area contributed by atoms with Gasteiger partial charge in [-0.2, -0.15) is 5.10 Å². The van der Waals surface area contributed by atoms with Crippen molar-refractivity contribution in [3.05, 3.63) is 76.2 Å². The molecule has 8 heteroatoms. The average molecular weight is 390 g/mol. The van der Waals surface area contributed by atoms with Crippen molar-refractivity contribution < 1.29 is 4.79 Å². The maximum atomic E-state index is 12.1. The highest BCUT2D eigenvalue weighted by atomic mass is 35.5. The summed E-state index contributed by atoms with van der Waals surface area (Å²) in [5, 5.41) is 10.8. The lowest BCUT2D eigenvalue weighted by atomic mass is 10.1. The zero-order valence-electron chi connectivity index (χ0n) is 14.0. The zero-order chi connectivity index (χ0) is 18.5. The van der Waals surface area contributed by atoms with Gasteiger partial charge in [-0.1, -0.05) is 35.3 Å². The second-order valence-corrected chi connectivity index (χ2v) is 6.53. The SMILES string of the molecule is C[C@H](NC(=O)NCc1ccc(-n2cccn2)nc1)c1ccc(Cl)cc1Cl. The topological polar surface area (TPSA) is 71.8 Å². The molecular weight excluding hydrogens is 373 g/mol. The van der Waals surface area contributed by atoms with Gasteiger partial charge < -0.3 is 10.6 Å². The van der Waals surface area contributed by atoms with Crippen LogP contribution < -0.4 is 10.6 Å². The highest BCUT2D eigenvalue weighted by Gasteiger charge is 2.12. The molecule has 2 amide bonds. The summed E-state index contributed by atoms with van der Waals surface area (Å²) in [6.45, 7) is 2.22. The van der Waals surface area contributed by atoms with Crippen molar-refractivity contribution in [1.29, 1.82) is 0 Å². The number of carbonyl (C=O) groups is 1. The Hall–Kier alpha value is -2.57. The molecular formula is C18H17Cl2N5O. The lowest BCUT2D eigenvalue weighted by molar-refractivity contribution is 0.237. The molecule has 0 aliphatic carbocycles. The molecule has 26 heavy (non-hydrogen) atoms. The van der Waals surface area contributed by atoms with E-state index in [1.165, 1.54) is 0 Å². The Balaban J connectivity index is 1.53. The fourth-order valence-corrected chi connectivity index (χ4v) is 2.99. The van der Waals surface area contributed by atoms with Gasteiger partial charge in [-0.25, -0.2) is 14.5 Å². The van der Waals surface area contributed by atoms with Gasteiger partial charge in [-0.05, 0) is 42.3 Å². The molecule has 3 rings (SSSR count). The molecule has 0 unspecified atom stereocenters. The van der Waals surface area contributed by atoms with E-state index in [0.717, 1.165) is 11.1 Å². The van der Waals surface area contributed by atoms with Gasteiger partial charge in [0, 0.05) is 35.2 Å². The summed E-state index contributed by atoms with van der Waals surface area (Å²) in [6.07, 6.45) is 5.21. The Bertz CT molecular complexity index is 881. The van der Waals surface area contributed by atoms with Crippen molar-refractivity contribution in [2.45, 2.75) is 19.5 Å². The summed E-state index contributed by atoms with van der Waals surface area (Å²) in [5.41, 5.74) is 1.68. The van der Waals surface area contributed by atoms with Crippen LogP contribution in [0.4, 0.5) is 4.79 Å². The molecule has 2 N–H and O–H groups in total. The summed E-state index contributed by atoms with van der Waals surface area (Å²) in [4.78, 5) is 16.4. The standard InChI is InChI=1S/C18H17Cl2N5O/c1-12(15-5-4-14(19)9-16(15)20)24-18(26)22-11-13-3-6-17(21-10-13)25-8-2-7-23-25/h2-10,12H,11H2,1H3,(H2,22,24,26)/t12-/m0/s1. The number of benzene rings is 1. The van der Waals surface area contributed by atoms with Gasteiger partial charge in [0.05, 0.1) is 6.04 Å². The van der Waals surface area contributed by atoms with Crippen LogP contribution >= 0.6 is 23.2 Å². The largest absolute Gasteiger partial charge is 0.334 e. The number of rotatable bonds is 5. The van der Waals surface area contributed by atoms with E-state index in [1.54, 1.807) is 35.3 Å². The molecule has 1 aromatic carbocycles. The van der Waals surface area contributed by atoms with Crippen molar-refractivity contribution >= 4 is 29.2 Å². The number of pyridine rings is 1. The van der Waals surface area contributed by atoms with Crippen LogP contribution in [0.2, 0.25) is 10.0 Å². The fraction of sp³-hybridized carbons (Fsp3) is 0.167. The van der Waals surface area contributed by atoms with E-state index in [9.17, 15) is 4.79 Å². The minimum absolute atomic E-state index is 0.250. The van der Waals surface area contributed by atoms with Crippen molar-refractivity contribution in [3.8, 4) is 5.82 Å². The Kier molecular flexibility index (Phi) is 5.75. The van der Waals surface area contributed by atoms with Gasteiger partial charge in [-0.15, -0.1) is 0 Å². The number of nitrogens with one attached hydrogen (secondary N) is 2. The van der Waals surface area contributed by atoms with Gasteiger partial charge in [-0.3, -0.25) is 0 Å². The summed E-state index contributed by atoms with van der Waals surface area (Å²) < 4.78 is 1.67. The summed E-state index contributed by atoms with van der Waals surface area (Å²) in [7, 11) is 0. The Labute approximate surface area is 161 Å². The third kappa shape index (κ3) is 4.53. The van der Waals surface area contributed by atoms with Crippen molar-refractivity contribution in [2.75, 3.05) is 0 Å². The minimum atomic E-state index is -0.292. The van der Waals surface area contributed by atoms with Crippen molar-refractivity contribution in [3.63, 3.8) is 0 Å². The molecule has 0 saturated heterocycles. The molecule has 3 aromatic rings. The van der Waals surface area contributed by atoms with Crippen molar-refractivity contribution in [1.82, 2.24) is 25.4 Å². The molecule has 0 aliphatic rings. The van der Waals surface area contributed by atoms with Gasteiger partial charge in [0.2, 0.25) is 0 Å². The van der Waals surface area contributed by atoms with E-state index in [2.05, 4.69) is 20.7 Å². The molecule has 0 fully saturated rings. The second-order valence-electron chi connectivity index (χ2n) is 5.69. The van der Waals surface area contributed by atoms with E-state index in [4.69, 9.17) is 23.2 Å². The molecule has 134 valence electrons. The maximum absolute atomic E-state index is 12.1. The summed E-state index contributed by atoms with van der Waals surface area (Å²) in [6, 6.07) is 10.2. The average Bonchev–Trinajstić information content (AvgIpc) is 3.15. The lowest BCUT2D eigenvalue weighted by Crippen LogP contribution is -2.36. The Morgan fingerprint density at radius 3 is 2.77 bits per heavy atom. The molecule has 6 nitrogen and oxygen atoms in total. The molecule has 0 radical (unpaired) electrons. The first-order valence-corrected chi connectivity index (χ1v) is 8.73. The molecule has 0 bridgehead atoms. The van der Waals surface area contributed by atoms with Crippen LogP contribution in [0.25, 0.3) is 5.82 Å². The van der Waals surface area contributed by atoms with Crippen LogP contribution in [0.3, 0.4) is 0 Å². The van der Waals surface area contributed by atoms with Gasteiger partial charge >= 0.3 is 6.03 Å². The minimum Gasteiger partial charge on any atom is -0.334 e. The smallest absolute Gasteiger partial charge is 0.315 e. The fourth-order valence-electron chi connectivity index (χ4n) is 2.42. The molecule has 2 aromatic heterocycles. The number of amides is 2. The number of aromatic nitrogens is 3. The van der Waals surface area contributed by atoms with E-state index in [1.807, 2.05) is 31.3 Å². The summed E-state index contributed by atoms with van der Waals surface area (Å²) in [5.74, 6) is 0.717. The van der Waals surface area contributed by atoms with E-state index < -0.39 is 0 Å². The normalized spacial score (nSPS) is 11.8. The number of carbonyl (C=O) groups excluding carboxylic acids is 1. The summed E-state index contributed by atoms with van der Waals surface area (Å²) >= 11 is 12.1. The van der Waals surface area contributed by atoms with Crippen LogP contribution in [-0.2, 0) is 6.54 Å². The highest BCUT2D eigenvalue weighted by Crippen LogP contribution is 2.25. The highest BCUT2D eigenvalue weighted by molar-refractivity contribution is 6.35. The van der Waals surface area contributed by atoms with Crippen LogP contribution in [0.15, 0.2) is 55.0 Å². The number of urea groups is 1. The van der Waals surface area contributed by atoms with Crippen molar-refractivity contribution in [2.24, 2.45) is 0 Å². The van der Waals surface area contributed by atoms with Gasteiger partial charge in [0.25, 0.3) is 0 Å². The monoisotopic (exact) mass is 389 g/mol. The predicted octanol–water partition coefficient (Wildman–Crippen LogP) is 4.13. The van der Waals surface area contributed by atoms with E-state index in [-0.39, 0.29) is 12.1 Å². The van der Waals surface area contributed by atoms with Gasteiger partial charge in [0.15, 0.2) is 5.82 Å². The molecule has 0 aliphatic heterocycles. The maximum Gasteiger partial charge on any atom is 0.315 e. The first kappa shape index (κ1) is 18.2. The Morgan fingerprint density at radius 1 is 1.27 bits per heavy atom. The third-order valence-corrected chi connectivity index (χ3v) is 4.34. The van der Waals surface area contributed by atoms with E-state index in [0.29, 0.717) is 22.4 Å². The van der Waals surface area contributed by atoms with Gasteiger partial charge in [0.1, 0.15) is 0 Å². The second kappa shape index (κ2) is 8.21. The molecule has 2 heterocycles. The number of hydrogen-bond donors (Lipinski definition) is 2. The molecule has 1 atom stereocenters. The lowest BCUT2D eigenvalue weighted by Gasteiger charge is -2.16. The third-order valence-electron chi connectivity index (χ3n) is 3.78. The quantitative estimate of drug-likeness (QED) is 0.688. The number of halogens is 2. The number of nitrogens with zero attached hydrogens (tertiary/aromatic N) is 3. The molecule has 0 saturated carbocycles. The number of hydrogen-bond acceptors (Lipinski definition) is 3. The van der Waals surface area contributed by atoms with Crippen LogP contribution in [0.5, 0.6) is 0 Å². The van der Waals surface area contributed by atoms with Crippen LogP contribution in [0.1, 0.15) is 24.1 Å². The van der Waals surface area contributed by atoms with E-state index >= 15 is 0 Å². The first-order chi connectivity index (χ1) is 12.5.